The van der Waals surface area contributed by atoms with Crippen LogP contribution in [0.5, 0.6) is 0 Å². The maximum absolute atomic E-state index is 13.5. The first-order valence-electron chi connectivity index (χ1n) is 9.69. The molecular formula is C21H22FN7O2S. The van der Waals surface area contributed by atoms with E-state index in [2.05, 4.69) is 25.3 Å². The van der Waals surface area contributed by atoms with E-state index in [9.17, 15) is 12.8 Å². The summed E-state index contributed by atoms with van der Waals surface area (Å²) in [7, 11) is -0.319. The number of nitrogens with one attached hydrogen (secondary N) is 2. The molecule has 166 valence electrons. The van der Waals surface area contributed by atoms with Crippen LogP contribution in [-0.4, -0.2) is 42.4 Å². The molecule has 0 unspecified atom stereocenters. The second-order valence-electron chi connectivity index (χ2n) is 7.51. The van der Waals surface area contributed by atoms with Crippen molar-refractivity contribution in [1.29, 1.82) is 0 Å². The molecule has 0 bridgehead atoms. The number of nitrogens with zero attached hydrogens (tertiary/aromatic N) is 4. The van der Waals surface area contributed by atoms with Gasteiger partial charge >= 0.3 is 0 Å². The van der Waals surface area contributed by atoms with Crippen LogP contribution >= 0.6 is 0 Å². The molecular weight excluding hydrogens is 433 g/mol. The number of hydrogen-bond acceptors (Lipinski definition) is 7. The fourth-order valence-electron chi connectivity index (χ4n) is 3.43. The number of para-hydroxylation sites is 1. The molecule has 2 aromatic heterocycles. The van der Waals surface area contributed by atoms with Crippen molar-refractivity contribution in [3.8, 4) is 11.4 Å². The number of sulfonamides is 1. The SMILES string of the molecule is Cc1[nH]c2c(S(N)(=O)=O)cccc2c1-c1nc(NCc2cccc(F)c2)nc(N(C)C)n1. The van der Waals surface area contributed by atoms with E-state index in [1.807, 2.05) is 0 Å². The van der Waals surface area contributed by atoms with Crippen molar-refractivity contribution >= 4 is 32.8 Å². The van der Waals surface area contributed by atoms with Gasteiger partial charge in [0.25, 0.3) is 0 Å². The summed E-state index contributed by atoms with van der Waals surface area (Å²) >= 11 is 0. The van der Waals surface area contributed by atoms with E-state index in [-0.39, 0.29) is 10.7 Å². The number of rotatable bonds is 6. The van der Waals surface area contributed by atoms with Crippen molar-refractivity contribution in [3.63, 3.8) is 0 Å². The van der Waals surface area contributed by atoms with Gasteiger partial charge in [0.1, 0.15) is 10.7 Å². The Bertz CT molecular complexity index is 1420. The molecule has 0 fully saturated rings. The number of aromatic nitrogens is 4. The molecule has 9 nitrogen and oxygen atoms in total. The highest BCUT2D eigenvalue weighted by Gasteiger charge is 2.21. The van der Waals surface area contributed by atoms with E-state index in [0.717, 1.165) is 5.56 Å². The number of hydrogen-bond donors (Lipinski definition) is 3. The molecule has 0 amide bonds. The molecule has 0 aliphatic carbocycles. The Morgan fingerprint density at radius 3 is 2.56 bits per heavy atom. The van der Waals surface area contributed by atoms with Gasteiger partial charge in [-0.05, 0) is 30.7 Å². The number of aryl methyl sites for hydroxylation is 1. The molecule has 11 heteroatoms. The lowest BCUT2D eigenvalue weighted by atomic mass is 10.1. The van der Waals surface area contributed by atoms with Crippen molar-refractivity contribution in [2.45, 2.75) is 18.4 Å². The third kappa shape index (κ3) is 4.25. The monoisotopic (exact) mass is 455 g/mol. The summed E-state index contributed by atoms with van der Waals surface area (Å²) < 4.78 is 37.5. The Hall–Kier alpha value is -3.57. The van der Waals surface area contributed by atoms with Crippen LogP contribution in [0.25, 0.3) is 22.3 Å². The summed E-state index contributed by atoms with van der Waals surface area (Å²) in [5, 5.41) is 9.12. The number of primary sulfonamides is 1. The molecule has 0 atom stereocenters. The zero-order chi connectivity index (χ0) is 23.0. The standard InChI is InChI=1S/C21H22FN7O2S/c1-12-17(15-8-5-9-16(18(15)25-12)32(23,30)31)19-26-20(28-21(27-19)29(2)3)24-11-13-6-4-7-14(22)10-13/h4-10,25H,11H2,1-3H3,(H2,23,30,31)(H,24,26,27,28). The molecule has 0 radical (unpaired) electrons. The molecule has 0 aliphatic rings. The molecule has 4 rings (SSSR count). The number of fused-ring (bicyclic) bond motifs is 1. The number of anilines is 2. The van der Waals surface area contributed by atoms with Crippen molar-refractivity contribution in [2.75, 3.05) is 24.3 Å². The van der Waals surface area contributed by atoms with Gasteiger partial charge in [0, 0.05) is 37.3 Å². The summed E-state index contributed by atoms with van der Waals surface area (Å²) in [6.07, 6.45) is 0. The molecule has 32 heavy (non-hydrogen) atoms. The minimum atomic E-state index is -3.92. The Morgan fingerprint density at radius 1 is 1.12 bits per heavy atom. The number of benzene rings is 2. The molecule has 4 aromatic rings. The van der Waals surface area contributed by atoms with E-state index in [1.54, 1.807) is 50.2 Å². The Kier molecular flexibility index (Phi) is 5.53. The zero-order valence-corrected chi connectivity index (χ0v) is 18.5. The van der Waals surface area contributed by atoms with Gasteiger partial charge in [0.2, 0.25) is 21.9 Å². The third-order valence-electron chi connectivity index (χ3n) is 4.88. The maximum Gasteiger partial charge on any atom is 0.240 e. The summed E-state index contributed by atoms with van der Waals surface area (Å²) in [5.74, 6) is 0.753. The lowest BCUT2D eigenvalue weighted by molar-refractivity contribution is 0.598. The minimum absolute atomic E-state index is 0.00399. The first-order valence-corrected chi connectivity index (χ1v) is 11.2. The summed E-state index contributed by atoms with van der Waals surface area (Å²) in [5.41, 5.74) is 2.45. The van der Waals surface area contributed by atoms with Crippen molar-refractivity contribution in [2.24, 2.45) is 5.14 Å². The predicted molar refractivity (Wildman–Crippen MR) is 121 cm³/mol. The van der Waals surface area contributed by atoms with Gasteiger partial charge in [-0.15, -0.1) is 0 Å². The van der Waals surface area contributed by atoms with Crippen LogP contribution in [0.1, 0.15) is 11.3 Å². The normalized spacial score (nSPS) is 11.7. The maximum atomic E-state index is 13.5. The highest BCUT2D eigenvalue weighted by molar-refractivity contribution is 7.89. The molecule has 2 aromatic carbocycles. The van der Waals surface area contributed by atoms with E-state index < -0.39 is 10.0 Å². The fourth-order valence-corrected chi connectivity index (χ4v) is 4.14. The minimum Gasteiger partial charge on any atom is -0.357 e. The van der Waals surface area contributed by atoms with E-state index in [4.69, 9.17) is 5.14 Å². The Balaban J connectivity index is 1.81. The van der Waals surface area contributed by atoms with E-state index in [0.29, 0.717) is 46.4 Å². The quantitative estimate of drug-likeness (QED) is 0.408. The number of nitrogens with two attached hydrogens (primary N) is 1. The van der Waals surface area contributed by atoms with Gasteiger partial charge in [-0.3, -0.25) is 0 Å². The zero-order valence-electron chi connectivity index (χ0n) is 17.7. The summed E-state index contributed by atoms with van der Waals surface area (Å²) in [4.78, 5) is 18.3. The van der Waals surface area contributed by atoms with Gasteiger partial charge in [0.15, 0.2) is 5.82 Å². The highest BCUT2D eigenvalue weighted by atomic mass is 32.2. The van der Waals surface area contributed by atoms with Crippen LogP contribution in [-0.2, 0) is 16.6 Å². The molecule has 0 saturated carbocycles. The first-order chi connectivity index (χ1) is 15.1. The predicted octanol–water partition coefficient (Wildman–Crippen LogP) is 2.79. The number of halogens is 1. The van der Waals surface area contributed by atoms with Crippen LogP contribution in [0.3, 0.4) is 0 Å². The Morgan fingerprint density at radius 2 is 1.88 bits per heavy atom. The topological polar surface area (TPSA) is 130 Å². The van der Waals surface area contributed by atoms with Gasteiger partial charge in [-0.1, -0.05) is 24.3 Å². The lowest BCUT2D eigenvalue weighted by Gasteiger charge is -2.14. The van der Waals surface area contributed by atoms with Crippen LogP contribution in [0.4, 0.5) is 16.3 Å². The number of H-pyrrole nitrogens is 1. The second-order valence-corrected chi connectivity index (χ2v) is 9.04. The van der Waals surface area contributed by atoms with Gasteiger partial charge in [-0.25, -0.2) is 17.9 Å². The largest absolute Gasteiger partial charge is 0.357 e. The van der Waals surface area contributed by atoms with E-state index >= 15 is 0 Å². The molecule has 2 heterocycles. The average molecular weight is 456 g/mol. The van der Waals surface area contributed by atoms with Crippen molar-refractivity contribution in [3.05, 3.63) is 59.5 Å². The molecule has 0 aliphatic heterocycles. The third-order valence-corrected chi connectivity index (χ3v) is 5.83. The first kappa shape index (κ1) is 21.7. The fraction of sp³-hybridized carbons (Fsp3) is 0.190. The van der Waals surface area contributed by atoms with Crippen molar-refractivity contribution < 1.29 is 12.8 Å². The summed E-state index contributed by atoms with van der Waals surface area (Å²) in [6, 6.07) is 11.1. The second kappa shape index (κ2) is 8.17. The van der Waals surface area contributed by atoms with Crippen molar-refractivity contribution in [1.82, 2.24) is 19.9 Å². The van der Waals surface area contributed by atoms with Crippen LogP contribution in [0.15, 0.2) is 47.4 Å². The Labute approximate surface area is 184 Å². The smallest absolute Gasteiger partial charge is 0.240 e. The molecule has 4 N–H and O–H groups in total. The lowest BCUT2D eigenvalue weighted by Crippen LogP contribution is -2.16. The number of aromatic amines is 1. The van der Waals surface area contributed by atoms with E-state index in [1.165, 1.54) is 18.2 Å². The average Bonchev–Trinajstić information content (AvgIpc) is 3.07. The van der Waals surface area contributed by atoms with Crippen LogP contribution < -0.4 is 15.4 Å². The van der Waals surface area contributed by atoms with Crippen LogP contribution in [0, 0.1) is 12.7 Å². The molecule has 0 saturated heterocycles. The van der Waals surface area contributed by atoms with Gasteiger partial charge in [0.05, 0.1) is 5.52 Å². The highest BCUT2D eigenvalue weighted by Crippen LogP contribution is 2.33. The van der Waals surface area contributed by atoms with Gasteiger partial charge < -0.3 is 15.2 Å². The summed E-state index contributed by atoms with van der Waals surface area (Å²) in [6.45, 7) is 2.12. The van der Waals surface area contributed by atoms with Crippen LogP contribution in [0.2, 0.25) is 0 Å². The molecule has 0 spiro atoms. The van der Waals surface area contributed by atoms with Gasteiger partial charge in [-0.2, -0.15) is 15.0 Å².